The zero-order valence-electron chi connectivity index (χ0n) is 16.6. The number of carbonyl (C=O) groups is 3. The molecule has 1 saturated heterocycles. The third-order valence-electron chi connectivity index (χ3n) is 5.23. The first-order valence-electron chi connectivity index (χ1n) is 9.66. The van der Waals surface area contributed by atoms with Gasteiger partial charge in [0.15, 0.2) is 5.54 Å². The number of halogens is 3. The number of hydrogen-bond acceptors (Lipinski definition) is 5. The van der Waals surface area contributed by atoms with Crippen molar-refractivity contribution < 1.29 is 37.0 Å². The van der Waals surface area contributed by atoms with Gasteiger partial charge in [-0.3, -0.25) is 14.5 Å². The van der Waals surface area contributed by atoms with Crippen molar-refractivity contribution in [1.29, 1.82) is 0 Å². The summed E-state index contributed by atoms with van der Waals surface area (Å²) in [6, 6.07) is 11.4. The Labute approximate surface area is 180 Å². The number of nitrogens with one attached hydrogen (secondary N) is 2. The Morgan fingerprint density at radius 3 is 2.66 bits per heavy atom. The highest BCUT2D eigenvalue weighted by Crippen LogP contribution is 2.40. The van der Waals surface area contributed by atoms with E-state index in [9.17, 15) is 27.6 Å². The largest absolute Gasteiger partial charge is 0.573 e. The number of carbonyl (C=O) groups excluding carboxylic acids is 3. The van der Waals surface area contributed by atoms with Crippen molar-refractivity contribution in [2.24, 2.45) is 0 Å². The van der Waals surface area contributed by atoms with Gasteiger partial charge in [0.2, 0.25) is 5.91 Å². The molecule has 168 valence electrons. The fourth-order valence-electron chi connectivity index (χ4n) is 3.78. The lowest BCUT2D eigenvalue weighted by Gasteiger charge is -2.33. The first kappa shape index (κ1) is 21.5. The molecule has 2 N–H and O–H groups in total. The maximum absolute atomic E-state index is 13.1. The molecule has 1 atom stereocenters. The predicted molar refractivity (Wildman–Crippen MR) is 103 cm³/mol. The molecule has 11 heteroatoms. The number of fused-ring (bicyclic) bond motifs is 2. The number of ether oxygens (including phenoxy) is 2. The van der Waals surface area contributed by atoms with Gasteiger partial charge in [0.1, 0.15) is 18.0 Å². The zero-order valence-corrected chi connectivity index (χ0v) is 16.6. The summed E-state index contributed by atoms with van der Waals surface area (Å²) in [5.41, 5.74) is -0.727. The number of nitrogens with zero attached hydrogens (tertiary/aromatic N) is 1. The minimum Gasteiger partial charge on any atom is -0.493 e. The van der Waals surface area contributed by atoms with Crippen LogP contribution in [0.15, 0.2) is 48.5 Å². The number of amides is 4. The van der Waals surface area contributed by atoms with Gasteiger partial charge in [-0.05, 0) is 12.1 Å². The number of imide groups is 1. The SMILES string of the molecule is O=C(CN1C(=O)NC2(CCOc3ccccc32)C1=O)NCc1ccccc1OC(F)(F)F. The van der Waals surface area contributed by atoms with Crippen LogP contribution in [0.3, 0.4) is 0 Å². The van der Waals surface area contributed by atoms with E-state index in [0.29, 0.717) is 11.3 Å². The third kappa shape index (κ3) is 4.05. The molecular formula is C21H18F3N3O5. The zero-order chi connectivity index (χ0) is 22.9. The molecule has 2 aliphatic rings. The summed E-state index contributed by atoms with van der Waals surface area (Å²) in [7, 11) is 0. The Kier molecular flexibility index (Phi) is 5.41. The van der Waals surface area contributed by atoms with E-state index >= 15 is 0 Å². The average molecular weight is 449 g/mol. The number of rotatable bonds is 5. The molecule has 0 saturated carbocycles. The second kappa shape index (κ2) is 8.06. The number of urea groups is 1. The Balaban J connectivity index is 1.44. The summed E-state index contributed by atoms with van der Waals surface area (Å²) in [5.74, 6) is -1.28. The average Bonchev–Trinajstić information content (AvgIpc) is 2.97. The molecule has 2 aromatic rings. The van der Waals surface area contributed by atoms with Crippen molar-refractivity contribution in [3.8, 4) is 11.5 Å². The number of benzene rings is 2. The summed E-state index contributed by atoms with van der Waals surface area (Å²) < 4.78 is 47.1. The van der Waals surface area contributed by atoms with Gasteiger partial charge in [-0.1, -0.05) is 36.4 Å². The molecule has 1 spiro atoms. The topological polar surface area (TPSA) is 97.0 Å². The second-order valence-electron chi connectivity index (χ2n) is 7.25. The molecule has 4 amide bonds. The summed E-state index contributed by atoms with van der Waals surface area (Å²) in [6.07, 6.45) is -4.68. The molecule has 0 bridgehead atoms. The van der Waals surface area contributed by atoms with Crippen LogP contribution in [0.5, 0.6) is 11.5 Å². The van der Waals surface area contributed by atoms with E-state index < -0.39 is 42.0 Å². The van der Waals surface area contributed by atoms with Crippen LogP contribution in [0.4, 0.5) is 18.0 Å². The van der Waals surface area contributed by atoms with Gasteiger partial charge < -0.3 is 20.1 Å². The Morgan fingerprint density at radius 2 is 1.88 bits per heavy atom. The van der Waals surface area contributed by atoms with Crippen molar-refractivity contribution in [1.82, 2.24) is 15.5 Å². The molecule has 1 fully saturated rings. The van der Waals surface area contributed by atoms with E-state index in [1.165, 1.54) is 18.2 Å². The van der Waals surface area contributed by atoms with Gasteiger partial charge in [-0.25, -0.2) is 4.79 Å². The van der Waals surface area contributed by atoms with Crippen molar-refractivity contribution >= 4 is 17.8 Å². The van der Waals surface area contributed by atoms with E-state index in [4.69, 9.17) is 4.74 Å². The van der Waals surface area contributed by atoms with Crippen LogP contribution in [0.2, 0.25) is 0 Å². The Bertz CT molecular complexity index is 1070. The number of para-hydroxylation sites is 2. The summed E-state index contributed by atoms with van der Waals surface area (Å²) in [4.78, 5) is 38.8. The van der Waals surface area contributed by atoms with E-state index in [2.05, 4.69) is 15.4 Å². The molecule has 1 unspecified atom stereocenters. The molecule has 8 nitrogen and oxygen atoms in total. The van der Waals surface area contributed by atoms with Crippen molar-refractivity contribution in [3.63, 3.8) is 0 Å². The van der Waals surface area contributed by atoms with Gasteiger partial charge in [0.05, 0.1) is 6.61 Å². The standard InChI is InChI=1S/C21H18F3N3O5/c22-21(23,24)32-15-7-3-1-5-13(15)11-25-17(28)12-27-18(29)20(26-19(27)30)9-10-31-16-8-4-2-6-14(16)20/h1-8H,9-12H2,(H,25,28)(H,26,30). The summed E-state index contributed by atoms with van der Waals surface area (Å²) in [6.45, 7) is -0.659. The van der Waals surface area contributed by atoms with Crippen molar-refractivity contribution in [3.05, 3.63) is 59.7 Å². The fourth-order valence-corrected chi connectivity index (χ4v) is 3.78. The summed E-state index contributed by atoms with van der Waals surface area (Å²) in [5, 5.41) is 5.09. The lowest BCUT2D eigenvalue weighted by Crippen LogP contribution is -2.48. The van der Waals surface area contributed by atoms with Gasteiger partial charge in [-0.2, -0.15) is 0 Å². The fraction of sp³-hybridized carbons (Fsp3) is 0.286. The van der Waals surface area contributed by atoms with Crippen LogP contribution in [0.1, 0.15) is 17.5 Å². The van der Waals surface area contributed by atoms with Gasteiger partial charge >= 0.3 is 12.4 Å². The minimum atomic E-state index is -4.88. The van der Waals surface area contributed by atoms with Crippen LogP contribution in [-0.2, 0) is 21.7 Å². The van der Waals surface area contributed by atoms with Gasteiger partial charge in [-0.15, -0.1) is 13.2 Å². The maximum Gasteiger partial charge on any atom is 0.573 e. The highest BCUT2D eigenvalue weighted by molar-refractivity contribution is 6.09. The molecule has 2 heterocycles. The van der Waals surface area contributed by atoms with Crippen molar-refractivity contribution in [2.75, 3.05) is 13.2 Å². The molecule has 0 radical (unpaired) electrons. The molecule has 4 rings (SSSR count). The van der Waals surface area contributed by atoms with Crippen LogP contribution in [-0.4, -0.2) is 42.3 Å². The van der Waals surface area contributed by atoms with E-state index in [-0.39, 0.29) is 25.1 Å². The molecule has 0 aliphatic carbocycles. The van der Waals surface area contributed by atoms with Crippen molar-refractivity contribution in [2.45, 2.75) is 24.9 Å². The highest BCUT2D eigenvalue weighted by Gasteiger charge is 2.55. The lowest BCUT2D eigenvalue weighted by atomic mass is 9.84. The minimum absolute atomic E-state index is 0.0881. The Hall–Kier alpha value is -3.76. The van der Waals surface area contributed by atoms with Crippen LogP contribution >= 0.6 is 0 Å². The Morgan fingerprint density at radius 1 is 1.16 bits per heavy atom. The quantitative estimate of drug-likeness (QED) is 0.684. The normalized spacial score (nSPS) is 19.9. The lowest BCUT2D eigenvalue weighted by molar-refractivity contribution is -0.274. The van der Waals surface area contributed by atoms with Gasteiger partial charge in [0.25, 0.3) is 5.91 Å². The van der Waals surface area contributed by atoms with Crippen LogP contribution < -0.4 is 20.1 Å². The molecule has 2 aromatic carbocycles. The predicted octanol–water partition coefficient (Wildman–Crippen LogP) is 2.43. The first-order valence-corrected chi connectivity index (χ1v) is 9.66. The highest BCUT2D eigenvalue weighted by atomic mass is 19.4. The van der Waals surface area contributed by atoms with E-state index in [0.717, 1.165) is 11.0 Å². The second-order valence-corrected chi connectivity index (χ2v) is 7.25. The molecule has 0 aromatic heterocycles. The maximum atomic E-state index is 13.1. The molecule has 2 aliphatic heterocycles. The first-order chi connectivity index (χ1) is 15.2. The molecule has 32 heavy (non-hydrogen) atoms. The van der Waals surface area contributed by atoms with Gasteiger partial charge in [0, 0.05) is 24.1 Å². The monoisotopic (exact) mass is 449 g/mol. The number of alkyl halides is 3. The van der Waals surface area contributed by atoms with Crippen LogP contribution in [0, 0.1) is 0 Å². The smallest absolute Gasteiger partial charge is 0.493 e. The van der Waals surface area contributed by atoms with E-state index in [1.807, 2.05) is 0 Å². The number of hydrogen-bond donors (Lipinski definition) is 2. The third-order valence-corrected chi connectivity index (χ3v) is 5.23. The van der Waals surface area contributed by atoms with Crippen LogP contribution in [0.25, 0.3) is 0 Å². The van der Waals surface area contributed by atoms with E-state index in [1.54, 1.807) is 24.3 Å². The molecular weight excluding hydrogens is 431 g/mol. The summed E-state index contributed by atoms with van der Waals surface area (Å²) >= 11 is 0.